The van der Waals surface area contributed by atoms with E-state index in [2.05, 4.69) is 20.2 Å². The molecule has 1 aliphatic rings. The van der Waals surface area contributed by atoms with Crippen molar-refractivity contribution >= 4 is 16.8 Å². The molecule has 1 atom stereocenters. The summed E-state index contributed by atoms with van der Waals surface area (Å²) in [4.78, 5) is 22.0. The fraction of sp³-hybridized carbons (Fsp3) is 0.269. The van der Waals surface area contributed by atoms with Gasteiger partial charge >= 0.3 is 6.18 Å². The van der Waals surface area contributed by atoms with E-state index in [0.29, 0.717) is 23.7 Å². The highest BCUT2D eigenvalue weighted by Gasteiger charge is 2.34. The molecule has 0 radical (unpaired) electrons. The SMILES string of the molecule is CC(=O)NC1CCN(Cc2cc(Oc3ccc4c(ccn4-c4ccc(F)c(C(F)(F)F)c4)c3)ncn2)C1. The molecule has 2 aromatic carbocycles. The first-order chi connectivity index (χ1) is 17.7. The average molecular weight is 513 g/mol. The number of hydrogen-bond acceptors (Lipinski definition) is 5. The third-order valence-corrected chi connectivity index (χ3v) is 6.18. The second-order valence-corrected chi connectivity index (χ2v) is 8.94. The number of hydrogen-bond donors (Lipinski definition) is 1. The maximum Gasteiger partial charge on any atom is 0.419 e. The van der Waals surface area contributed by atoms with Crippen LogP contribution in [0, 0.1) is 5.82 Å². The quantitative estimate of drug-likeness (QED) is 0.364. The van der Waals surface area contributed by atoms with Crippen molar-refractivity contribution in [2.75, 3.05) is 13.1 Å². The highest BCUT2D eigenvalue weighted by molar-refractivity contribution is 5.83. The first-order valence-electron chi connectivity index (χ1n) is 11.6. The number of rotatable bonds is 6. The molecule has 1 aliphatic heterocycles. The maximum absolute atomic E-state index is 13.7. The summed E-state index contributed by atoms with van der Waals surface area (Å²) in [7, 11) is 0. The minimum atomic E-state index is -4.79. The van der Waals surface area contributed by atoms with Gasteiger partial charge in [-0.2, -0.15) is 13.2 Å². The lowest BCUT2D eigenvalue weighted by atomic mass is 10.1. The maximum atomic E-state index is 13.7. The van der Waals surface area contributed by atoms with E-state index in [1.54, 1.807) is 41.1 Å². The second kappa shape index (κ2) is 9.81. The highest BCUT2D eigenvalue weighted by atomic mass is 19.4. The zero-order valence-electron chi connectivity index (χ0n) is 19.8. The van der Waals surface area contributed by atoms with Crippen LogP contribution in [0.15, 0.2) is 61.1 Å². The largest absolute Gasteiger partial charge is 0.439 e. The number of benzene rings is 2. The van der Waals surface area contributed by atoms with E-state index in [0.717, 1.165) is 42.7 Å². The zero-order valence-corrected chi connectivity index (χ0v) is 19.8. The number of halogens is 4. The predicted octanol–water partition coefficient (Wildman–Crippen LogP) is 5.08. The number of carbonyl (C=O) groups excluding carboxylic acids is 1. The molecule has 11 heteroatoms. The molecule has 0 spiro atoms. The molecule has 1 amide bonds. The fourth-order valence-electron chi connectivity index (χ4n) is 4.54. The molecule has 1 unspecified atom stereocenters. The molecule has 1 fully saturated rings. The number of nitrogens with zero attached hydrogens (tertiary/aromatic N) is 4. The molecular weight excluding hydrogens is 490 g/mol. The summed E-state index contributed by atoms with van der Waals surface area (Å²) in [5.41, 5.74) is 0.294. The van der Waals surface area contributed by atoms with E-state index in [9.17, 15) is 22.4 Å². The van der Waals surface area contributed by atoms with E-state index in [1.807, 2.05) is 0 Å². The summed E-state index contributed by atoms with van der Waals surface area (Å²) in [6.07, 6.45) is -0.867. The number of amides is 1. The van der Waals surface area contributed by atoms with Crippen LogP contribution in [0.3, 0.4) is 0 Å². The van der Waals surface area contributed by atoms with Gasteiger partial charge in [0.1, 0.15) is 17.9 Å². The molecule has 192 valence electrons. The van der Waals surface area contributed by atoms with E-state index in [-0.39, 0.29) is 17.6 Å². The standard InChI is InChI=1S/C26H23F4N5O2/c1-16(36)33-18-7-8-34(13-18)14-19-11-25(32-15-31-19)37-21-3-5-24-17(10-21)6-9-35(24)20-2-4-23(27)22(12-20)26(28,29)30/h2-6,9-12,15,18H,7-8,13-14H2,1H3,(H,33,36). The number of ether oxygens (including phenoxy) is 1. The Bertz CT molecular complexity index is 1450. The third kappa shape index (κ3) is 5.56. The zero-order chi connectivity index (χ0) is 26.2. The lowest BCUT2D eigenvalue weighted by Crippen LogP contribution is -2.35. The van der Waals surface area contributed by atoms with Crippen molar-refractivity contribution in [3.63, 3.8) is 0 Å². The van der Waals surface area contributed by atoms with Gasteiger partial charge in [-0.1, -0.05) is 0 Å². The van der Waals surface area contributed by atoms with Gasteiger partial charge in [-0.15, -0.1) is 0 Å². The minimum Gasteiger partial charge on any atom is -0.439 e. The average Bonchev–Trinajstić information content (AvgIpc) is 3.45. The first kappa shape index (κ1) is 24.7. The van der Waals surface area contributed by atoms with Crippen LogP contribution in [-0.2, 0) is 17.5 Å². The molecule has 1 N–H and O–H groups in total. The van der Waals surface area contributed by atoms with Crippen molar-refractivity contribution < 1.29 is 27.1 Å². The minimum absolute atomic E-state index is 0.0411. The highest BCUT2D eigenvalue weighted by Crippen LogP contribution is 2.34. The van der Waals surface area contributed by atoms with E-state index >= 15 is 0 Å². The van der Waals surface area contributed by atoms with Crippen LogP contribution >= 0.6 is 0 Å². The molecular formula is C26H23F4N5O2. The number of carbonyl (C=O) groups is 1. The Balaban J connectivity index is 1.31. The number of alkyl halides is 3. The molecule has 3 heterocycles. The molecule has 5 rings (SSSR count). The monoisotopic (exact) mass is 513 g/mol. The molecule has 1 saturated heterocycles. The molecule has 0 aliphatic carbocycles. The van der Waals surface area contributed by atoms with E-state index < -0.39 is 17.6 Å². The lowest BCUT2D eigenvalue weighted by Gasteiger charge is -2.16. The van der Waals surface area contributed by atoms with Crippen LogP contribution in [0.2, 0.25) is 0 Å². The van der Waals surface area contributed by atoms with E-state index in [4.69, 9.17) is 4.74 Å². The second-order valence-electron chi connectivity index (χ2n) is 8.94. The van der Waals surface area contributed by atoms with Crippen LogP contribution in [0.1, 0.15) is 24.6 Å². The molecule has 7 nitrogen and oxygen atoms in total. The summed E-state index contributed by atoms with van der Waals surface area (Å²) in [5, 5.41) is 3.66. The van der Waals surface area contributed by atoms with Crippen LogP contribution < -0.4 is 10.1 Å². The van der Waals surface area contributed by atoms with Gasteiger partial charge in [0, 0.05) is 55.9 Å². The molecule has 37 heavy (non-hydrogen) atoms. The van der Waals surface area contributed by atoms with Crippen LogP contribution in [0.5, 0.6) is 11.6 Å². The van der Waals surface area contributed by atoms with Crippen molar-refractivity contribution in [3.8, 4) is 17.3 Å². The van der Waals surface area contributed by atoms with Gasteiger partial charge in [-0.25, -0.2) is 14.4 Å². The normalized spacial score (nSPS) is 16.3. The van der Waals surface area contributed by atoms with Gasteiger partial charge in [0.2, 0.25) is 11.8 Å². The Morgan fingerprint density at radius 2 is 1.97 bits per heavy atom. The van der Waals surface area contributed by atoms with Gasteiger partial charge in [0.25, 0.3) is 0 Å². The summed E-state index contributed by atoms with van der Waals surface area (Å²) < 4.78 is 60.7. The first-order valence-corrected chi connectivity index (χ1v) is 11.6. The van der Waals surface area contributed by atoms with Crippen molar-refractivity contribution in [3.05, 3.63) is 78.1 Å². The third-order valence-electron chi connectivity index (χ3n) is 6.18. The Labute approximate surface area is 209 Å². The Kier molecular flexibility index (Phi) is 6.55. The fourth-order valence-corrected chi connectivity index (χ4v) is 4.54. The van der Waals surface area contributed by atoms with Gasteiger partial charge < -0.3 is 14.6 Å². The summed E-state index contributed by atoms with van der Waals surface area (Å²) >= 11 is 0. The molecule has 0 saturated carbocycles. The predicted molar refractivity (Wildman–Crippen MR) is 128 cm³/mol. The summed E-state index contributed by atoms with van der Waals surface area (Å²) in [6, 6.07) is 11.7. The van der Waals surface area contributed by atoms with Crippen LogP contribution in [0.25, 0.3) is 16.6 Å². The molecule has 2 aromatic heterocycles. The van der Waals surface area contributed by atoms with Gasteiger partial charge in [-0.3, -0.25) is 9.69 Å². The van der Waals surface area contributed by atoms with Crippen LogP contribution in [0.4, 0.5) is 17.6 Å². The molecule has 0 bridgehead atoms. The van der Waals surface area contributed by atoms with Gasteiger partial charge in [0.05, 0.1) is 16.8 Å². The number of nitrogens with one attached hydrogen (secondary N) is 1. The topological polar surface area (TPSA) is 72.3 Å². The Morgan fingerprint density at radius 3 is 2.76 bits per heavy atom. The van der Waals surface area contributed by atoms with E-state index in [1.165, 1.54) is 19.3 Å². The van der Waals surface area contributed by atoms with Crippen molar-refractivity contribution in [1.82, 2.24) is 24.8 Å². The van der Waals surface area contributed by atoms with Crippen molar-refractivity contribution in [1.29, 1.82) is 0 Å². The smallest absolute Gasteiger partial charge is 0.419 e. The van der Waals surface area contributed by atoms with Crippen molar-refractivity contribution in [2.45, 2.75) is 32.1 Å². The number of fused-ring (bicyclic) bond motifs is 1. The number of likely N-dealkylation sites (tertiary alicyclic amines) is 1. The van der Waals surface area contributed by atoms with Crippen molar-refractivity contribution in [2.24, 2.45) is 0 Å². The van der Waals surface area contributed by atoms with Gasteiger partial charge in [0.15, 0.2) is 0 Å². The van der Waals surface area contributed by atoms with Crippen LogP contribution in [-0.4, -0.2) is 44.5 Å². The Morgan fingerprint density at radius 1 is 1.14 bits per heavy atom. The Hall–Kier alpha value is -3.99. The number of aromatic nitrogens is 3. The lowest BCUT2D eigenvalue weighted by molar-refractivity contribution is -0.140. The summed E-state index contributed by atoms with van der Waals surface area (Å²) in [5.74, 6) is -0.503. The summed E-state index contributed by atoms with van der Waals surface area (Å²) in [6.45, 7) is 3.69. The van der Waals surface area contributed by atoms with Gasteiger partial charge in [-0.05, 0) is 48.9 Å². The molecule has 4 aromatic rings.